The van der Waals surface area contributed by atoms with E-state index >= 15 is 0 Å². The van der Waals surface area contributed by atoms with Gasteiger partial charge in [-0.3, -0.25) is 4.79 Å². The highest BCUT2D eigenvalue weighted by Gasteiger charge is 2.24. The van der Waals surface area contributed by atoms with Crippen LogP contribution in [0.2, 0.25) is 0 Å². The summed E-state index contributed by atoms with van der Waals surface area (Å²) in [5.74, 6) is 1.46. The maximum absolute atomic E-state index is 13.2. The third kappa shape index (κ3) is 3.79. The molecule has 29 heavy (non-hydrogen) atoms. The fourth-order valence-corrected chi connectivity index (χ4v) is 4.09. The van der Waals surface area contributed by atoms with E-state index in [1.165, 1.54) is 0 Å². The van der Waals surface area contributed by atoms with Crippen LogP contribution in [-0.2, 0) is 0 Å². The van der Waals surface area contributed by atoms with Crippen LogP contribution in [0.25, 0.3) is 22.3 Å². The first kappa shape index (κ1) is 19.6. The van der Waals surface area contributed by atoms with Crippen molar-refractivity contribution in [2.45, 2.75) is 71.6 Å². The number of aliphatic hydroxyl groups excluding tert-OH is 1. The van der Waals surface area contributed by atoms with Crippen molar-refractivity contribution in [1.29, 1.82) is 0 Å². The van der Waals surface area contributed by atoms with Gasteiger partial charge in [0.25, 0.3) is 5.91 Å². The van der Waals surface area contributed by atoms with Crippen molar-refractivity contribution in [3.8, 4) is 11.3 Å². The molecule has 2 N–H and O–H groups in total. The number of nitrogens with zero attached hydrogens (tertiary/aromatic N) is 3. The summed E-state index contributed by atoms with van der Waals surface area (Å²) in [5.41, 5.74) is 2.86. The van der Waals surface area contributed by atoms with Gasteiger partial charge >= 0.3 is 0 Å². The Hall–Kier alpha value is -2.67. The molecule has 1 fully saturated rings. The summed E-state index contributed by atoms with van der Waals surface area (Å²) in [6.07, 6.45) is 4.50. The number of aliphatic hydroxyl groups is 1. The molecule has 3 heterocycles. The highest BCUT2D eigenvalue weighted by molar-refractivity contribution is 6.06. The summed E-state index contributed by atoms with van der Waals surface area (Å²) in [6, 6.07) is 3.98. The Labute approximate surface area is 170 Å². The Morgan fingerprint density at radius 1 is 1.24 bits per heavy atom. The van der Waals surface area contributed by atoms with Crippen LogP contribution >= 0.6 is 0 Å². The zero-order valence-electron chi connectivity index (χ0n) is 17.4. The summed E-state index contributed by atoms with van der Waals surface area (Å²) >= 11 is 0. The molecule has 0 aromatic carbocycles. The van der Waals surface area contributed by atoms with Gasteiger partial charge in [-0.1, -0.05) is 0 Å². The first-order valence-electron chi connectivity index (χ1n) is 10.3. The summed E-state index contributed by atoms with van der Waals surface area (Å²) in [4.78, 5) is 18.0. The van der Waals surface area contributed by atoms with Crippen LogP contribution in [0.15, 0.2) is 22.7 Å². The zero-order chi connectivity index (χ0) is 20.7. The number of carbonyl (C=O) groups is 1. The molecule has 0 bridgehead atoms. The number of hydrogen-bond acceptors (Lipinski definition) is 5. The number of carbonyl (C=O) groups excluding carboxylic acids is 1. The van der Waals surface area contributed by atoms with Crippen molar-refractivity contribution in [2.24, 2.45) is 0 Å². The van der Waals surface area contributed by atoms with E-state index in [2.05, 4.69) is 10.4 Å². The molecule has 0 aliphatic heterocycles. The first-order valence-corrected chi connectivity index (χ1v) is 10.3. The van der Waals surface area contributed by atoms with E-state index < -0.39 is 0 Å². The number of aryl methyl sites for hydroxylation is 2. The van der Waals surface area contributed by atoms with E-state index in [-0.39, 0.29) is 24.1 Å². The second kappa shape index (κ2) is 7.63. The van der Waals surface area contributed by atoms with E-state index in [1.807, 2.05) is 44.5 Å². The van der Waals surface area contributed by atoms with Gasteiger partial charge in [0.05, 0.1) is 28.9 Å². The lowest BCUT2D eigenvalue weighted by atomic mass is 9.93. The SMILES string of the molecule is Cc1cc(-c2cc(C(=O)NC3CCC(O)CC3)c3cnn(C(C)C)c3n2)c(C)o1. The lowest BCUT2D eigenvalue weighted by Crippen LogP contribution is -2.38. The normalized spacial score (nSPS) is 19.8. The first-order chi connectivity index (χ1) is 13.8. The van der Waals surface area contributed by atoms with E-state index in [0.717, 1.165) is 48.2 Å². The van der Waals surface area contributed by atoms with Crippen LogP contribution in [0.5, 0.6) is 0 Å². The average molecular weight is 396 g/mol. The Balaban J connectivity index is 1.77. The third-order valence-electron chi connectivity index (χ3n) is 5.65. The van der Waals surface area contributed by atoms with Crippen LogP contribution < -0.4 is 5.32 Å². The van der Waals surface area contributed by atoms with Gasteiger partial charge in [-0.05, 0) is 65.5 Å². The molecule has 0 radical (unpaired) electrons. The number of rotatable bonds is 4. The van der Waals surface area contributed by atoms with Gasteiger partial charge in [-0.25, -0.2) is 9.67 Å². The van der Waals surface area contributed by atoms with Crippen molar-refractivity contribution in [2.75, 3.05) is 0 Å². The van der Waals surface area contributed by atoms with E-state index in [0.29, 0.717) is 16.9 Å². The predicted octanol–water partition coefficient (Wildman–Crippen LogP) is 3.92. The van der Waals surface area contributed by atoms with Crippen LogP contribution in [0.3, 0.4) is 0 Å². The van der Waals surface area contributed by atoms with Gasteiger partial charge < -0.3 is 14.8 Å². The Bertz CT molecular complexity index is 1040. The van der Waals surface area contributed by atoms with Gasteiger partial charge in [0, 0.05) is 17.6 Å². The number of aromatic nitrogens is 3. The molecule has 7 nitrogen and oxygen atoms in total. The second-order valence-corrected chi connectivity index (χ2v) is 8.28. The quantitative estimate of drug-likeness (QED) is 0.697. The molecule has 1 saturated carbocycles. The standard InChI is InChI=1S/C22H28N4O3/c1-12(2)26-21-19(11-23-26)18(22(28)24-15-5-7-16(27)8-6-15)10-20(25-21)17-9-13(3)29-14(17)4/h9-12,15-16,27H,5-8H2,1-4H3,(H,24,28). The molecule has 1 amide bonds. The van der Waals surface area contributed by atoms with Crippen molar-refractivity contribution in [3.05, 3.63) is 35.4 Å². The van der Waals surface area contributed by atoms with Crippen molar-refractivity contribution in [1.82, 2.24) is 20.1 Å². The molecular weight excluding hydrogens is 368 g/mol. The van der Waals surface area contributed by atoms with Gasteiger partial charge in [-0.15, -0.1) is 0 Å². The Morgan fingerprint density at radius 3 is 2.59 bits per heavy atom. The van der Waals surface area contributed by atoms with Crippen LogP contribution in [-0.4, -0.2) is 37.9 Å². The van der Waals surface area contributed by atoms with Gasteiger partial charge in [-0.2, -0.15) is 5.10 Å². The number of fused-ring (bicyclic) bond motifs is 1. The van der Waals surface area contributed by atoms with Gasteiger partial charge in [0.15, 0.2) is 5.65 Å². The number of pyridine rings is 1. The maximum Gasteiger partial charge on any atom is 0.252 e. The molecule has 0 atom stereocenters. The molecule has 4 rings (SSSR count). The van der Waals surface area contributed by atoms with Crippen LogP contribution in [0.1, 0.15) is 67.5 Å². The molecule has 0 unspecified atom stereocenters. The minimum atomic E-state index is -0.251. The topological polar surface area (TPSA) is 93.2 Å². The third-order valence-corrected chi connectivity index (χ3v) is 5.65. The van der Waals surface area contributed by atoms with Gasteiger partial charge in [0.2, 0.25) is 0 Å². The minimum Gasteiger partial charge on any atom is -0.466 e. The molecule has 3 aromatic heterocycles. The maximum atomic E-state index is 13.2. The summed E-state index contributed by atoms with van der Waals surface area (Å²) in [5, 5.41) is 18.1. The monoisotopic (exact) mass is 396 g/mol. The number of furan rings is 1. The zero-order valence-corrected chi connectivity index (χ0v) is 17.4. The largest absolute Gasteiger partial charge is 0.466 e. The molecule has 3 aromatic rings. The predicted molar refractivity (Wildman–Crippen MR) is 111 cm³/mol. The van der Waals surface area contributed by atoms with Crippen molar-refractivity contribution >= 4 is 16.9 Å². The summed E-state index contributed by atoms with van der Waals surface area (Å²) < 4.78 is 7.53. The Kier molecular flexibility index (Phi) is 5.17. The molecule has 1 aliphatic carbocycles. The van der Waals surface area contributed by atoms with E-state index in [9.17, 15) is 9.90 Å². The molecule has 7 heteroatoms. The fraction of sp³-hybridized carbons (Fsp3) is 0.500. The van der Waals surface area contributed by atoms with Crippen molar-refractivity contribution < 1.29 is 14.3 Å². The fourth-order valence-electron chi connectivity index (χ4n) is 4.09. The van der Waals surface area contributed by atoms with Crippen LogP contribution in [0.4, 0.5) is 0 Å². The lowest BCUT2D eigenvalue weighted by molar-refractivity contribution is 0.0869. The number of amides is 1. The lowest BCUT2D eigenvalue weighted by Gasteiger charge is -2.26. The number of hydrogen-bond donors (Lipinski definition) is 2. The Morgan fingerprint density at radius 2 is 1.97 bits per heavy atom. The molecule has 0 spiro atoms. The van der Waals surface area contributed by atoms with E-state index in [1.54, 1.807) is 6.20 Å². The average Bonchev–Trinajstić information content (AvgIpc) is 3.25. The molecule has 154 valence electrons. The molecular formula is C22H28N4O3. The highest BCUT2D eigenvalue weighted by Crippen LogP contribution is 2.30. The second-order valence-electron chi connectivity index (χ2n) is 8.28. The summed E-state index contributed by atoms with van der Waals surface area (Å²) in [6.45, 7) is 7.89. The highest BCUT2D eigenvalue weighted by atomic mass is 16.3. The molecule has 1 aliphatic rings. The minimum absolute atomic E-state index is 0.0793. The van der Waals surface area contributed by atoms with Gasteiger partial charge in [0.1, 0.15) is 11.5 Å². The van der Waals surface area contributed by atoms with E-state index in [4.69, 9.17) is 9.40 Å². The number of nitrogens with one attached hydrogen (secondary N) is 1. The summed E-state index contributed by atoms with van der Waals surface area (Å²) in [7, 11) is 0. The van der Waals surface area contributed by atoms with Crippen molar-refractivity contribution in [3.63, 3.8) is 0 Å². The molecule has 0 saturated heterocycles. The van der Waals surface area contributed by atoms with Crippen LogP contribution in [0, 0.1) is 13.8 Å². The smallest absolute Gasteiger partial charge is 0.252 e.